The van der Waals surface area contributed by atoms with Crippen molar-refractivity contribution in [2.75, 3.05) is 6.54 Å². The van der Waals surface area contributed by atoms with E-state index in [0.29, 0.717) is 0 Å². The Labute approximate surface area is 44.0 Å². The van der Waals surface area contributed by atoms with Gasteiger partial charge in [0.05, 0.1) is 12.2 Å². The normalized spacial score (nSPS) is 10.0. The van der Waals surface area contributed by atoms with Crippen molar-refractivity contribution in [2.45, 2.75) is 13.8 Å². The third kappa shape index (κ3) is 5.34. The van der Waals surface area contributed by atoms with E-state index in [-0.39, 0.29) is 0 Å². The number of hydrogen-bond acceptors (Lipinski definition) is 2. The molecule has 0 aliphatic heterocycles. The lowest BCUT2D eigenvalue weighted by atomic mass is 10.6. The van der Waals surface area contributed by atoms with Gasteiger partial charge in [-0.15, -0.1) is 0 Å². The molecule has 0 unspecified atom stereocenters. The fourth-order valence-corrected chi connectivity index (χ4v) is 0.191. The molecule has 0 N–H and O–H groups in total. The lowest BCUT2D eigenvalue weighted by Gasteiger charge is -1.79. The third-order valence-electron chi connectivity index (χ3n) is 0.383. The first-order valence-electron chi connectivity index (χ1n) is 2.30. The van der Waals surface area contributed by atoms with E-state index in [1.165, 1.54) is 0 Å². The molecule has 2 nitrogen and oxygen atoms in total. The predicted octanol–water partition coefficient (Wildman–Crippen LogP) is 1.99. The average Bonchev–Trinajstić information content (AvgIpc) is 1.61. The van der Waals surface area contributed by atoms with Gasteiger partial charge in [0.1, 0.15) is 0 Å². The van der Waals surface area contributed by atoms with Gasteiger partial charge in [-0.05, 0) is 13.8 Å². The zero-order valence-electron chi connectivity index (χ0n) is 4.81. The zero-order valence-corrected chi connectivity index (χ0v) is 4.81. The first-order chi connectivity index (χ1) is 3.27. The molecule has 40 valence electrons. The summed E-state index contributed by atoms with van der Waals surface area (Å²) in [6.45, 7) is 8.03. The molecule has 0 rings (SSSR count). The minimum Gasteiger partial charge on any atom is -0.189 e. The molecule has 0 amide bonds. The number of allylic oxidation sites excluding steroid dienone is 1. The maximum Gasteiger partial charge on any atom is 0.0575 e. The lowest BCUT2D eigenvalue weighted by Crippen LogP contribution is -1.63. The molecule has 0 aliphatic rings. The van der Waals surface area contributed by atoms with E-state index >= 15 is 0 Å². The Morgan fingerprint density at radius 1 is 1.71 bits per heavy atom. The van der Waals surface area contributed by atoms with Crippen LogP contribution in [0.1, 0.15) is 13.8 Å². The molecule has 0 aromatic carbocycles. The van der Waals surface area contributed by atoms with Gasteiger partial charge in [0.2, 0.25) is 0 Å². The summed E-state index contributed by atoms with van der Waals surface area (Å²) < 4.78 is 0. The summed E-state index contributed by atoms with van der Waals surface area (Å²) in [6.07, 6.45) is 0. The fourth-order valence-electron chi connectivity index (χ4n) is 0.191. The summed E-state index contributed by atoms with van der Waals surface area (Å²) in [7, 11) is 0. The molecule has 0 aromatic heterocycles. The van der Waals surface area contributed by atoms with Crippen LogP contribution in [0, 0.1) is 0 Å². The Bertz CT molecular complexity index is 84.1. The Hall–Kier alpha value is -0.660. The van der Waals surface area contributed by atoms with Crippen LogP contribution in [0.4, 0.5) is 0 Å². The highest BCUT2D eigenvalue weighted by Crippen LogP contribution is 1.87. The molecule has 0 aliphatic carbocycles. The Morgan fingerprint density at radius 2 is 2.29 bits per heavy atom. The van der Waals surface area contributed by atoms with Crippen LogP contribution in [-0.4, -0.2) is 6.54 Å². The molecule has 0 bridgehead atoms. The van der Waals surface area contributed by atoms with E-state index in [9.17, 15) is 0 Å². The van der Waals surface area contributed by atoms with Crippen molar-refractivity contribution in [1.29, 1.82) is 0 Å². The molecule has 0 atom stereocenters. The maximum atomic E-state index is 3.70. The summed E-state index contributed by atoms with van der Waals surface area (Å²) >= 11 is 0. The van der Waals surface area contributed by atoms with Crippen molar-refractivity contribution >= 4 is 0 Å². The van der Waals surface area contributed by atoms with Gasteiger partial charge >= 0.3 is 0 Å². The highest BCUT2D eigenvalue weighted by Gasteiger charge is 1.69. The SMILES string of the molecule is C=C(C)/N=N\CC. The van der Waals surface area contributed by atoms with Crippen molar-refractivity contribution in [2.24, 2.45) is 10.2 Å². The minimum atomic E-state index is 0.743. The van der Waals surface area contributed by atoms with Crippen LogP contribution in [-0.2, 0) is 0 Å². The molecule has 0 saturated heterocycles. The second-order valence-electron chi connectivity index (χ2n) is 1.29. The van der Waals surface area contributed by atoms with E-state index in [1.54, 1.807) is 0 Å². The van der Waals surface area contributed by atoms with Gasteiger partial charge < -0.3 is 0 Å². The maximum absolute atomic E-state index is 3.70. The highest BCUT2D eigenvalue weighted by atomic mass is 15.1. The molecule has 0 radical (unpaired) electrons. The summed E-state index contributed by atoms with van der Waals surface area (Å²) in [5, 5.41) is 7.37. The summed E-state index contributed by atoms with van der Waals surface area (Å²) in [5.74, 6) is 0. The highest BCUT2D eigenvalue weighted by molar-refractivity contribution is 4.81. The smallest absolute Gasteiger partial charge is 0.0575 e. The Balaban J connectivity index is 3.26. The molecule has 2 heteroatoms. The second kappa shape index (κ2) is 3.53. The van der Waals surface area contributed by atoms with Gasteiger partial charge in [-0.1, -0.05) is 6.58 Å². The van der Waals surface area contributed by atoms with Gasteiger partial charge in [0.25, 0.3) is 0 Å². The summed E-state index contributed by atoms with van der Waals surface area (Å²) in [6, 6.07) is 0. The molecule has 0 aromatic rings. The molecule has 0 fully saturated rings. The van der Waals surface area contributed by atoms with Gasteiger partial charge in [0, 0.05) is 0 Å². The van der Waals surface area contributed by atoms with Crippen molar-refractivity contribution < 1.29 is 0 Å². The summed E-state index contributed by atoms with van der Waals surface area (Å²) in [4.78, 5) is 0. The monoisotopic (exact) mass is 98.1 g/mol. The number of azo groups is 1. The first-order valence-corrected chi connectivity index (χ1v) is 2.30. The molecule has 0 spiro atoms. The molecular weight excluding hydrogens is 88.1 g/mol. The van der Waals surface area contributed by atoms with Crippen molar-refractivity contribution in [3.63, 3.8) is 0 Å². The minimum absolute atomic E-state index is 0.743. The van der Waals surface area contributed by atoms with Crippen molar-refractivity contribution in [3.8, 4) is 0 Å². The van der Waals surface area contributed by atoms with E-state index in [0.717, 1.165) is 12.2 Å². The van der Waals surface area contributed by atoms with Gasteiger partial charge in [-0.3, -0.25) is 0 Å². The topological polar surface area (TPSA) is 24.7 Å². The first kappa shape index (κ1) is 6.34. The van der Waals surface area contributed by atoms with Gasteiger partial charge in [-0.2, -0.15) is 10.2 Å². The molecule has 7 heavy (non-hydrogen) atoms. The number of nitrogens with zero attached hydrogens (tertiary/aromatic N) is 2. The quantitative estimate of drug-likeness (QED) is 0.472. The summed E-state index contributed by atoms with van der Waals surface area (Å²) in [5.41, 5.74) is 0.766. The lowest BCUT2D eigenvalue weighted by molar-refractivity contribution is 0.970. The number of hydrogen-bond donors (Lipinski definition) is 0. The van der Waals surface area contributed by atoms with E-state index < -0.39 is 0 Å². The average molecular weight is 98.1 g/mol. The van der Waals surface area contributed by atoms with Crippen LogP contribution in [0.5, 0.6) is 0 Å². The van der Waals surface area contributed by atoms with Crippen LogP contribution in [0.2, 0.25) is 0 Å². The van der Waals surface area contributed by atoms with Crippen LogP contribution in [0.25, 0.3) is 0 Å². The molecule has 0 heterocycles. The van der Waals surface area contributed by atoms with Crippen molar-refractivity contribution in [3.05, 3.63) is 12.3 Å². The molecular formula is C5H10N2. The van der Waals surface area contributed by atoms with E-state index in [2.05, 4.69) is 16.8 Å². The standard InChI is InChI=1S/C5H10N2/c1-4-6-7-5(2)3/h2,4H2,1,3H3/b7-6-. The van der Waals surface area contributed by atoms with Crippen molar-refractivity contribution in [1.82, 2.24) is 0 Å². The van der Waals surface area contributed by atoms with Crippen LogP contribution in [0.15, 0.2) is 22.5 Å². The van der Waals surface area contributed by atoms with Crippen LogP contribution >= 0.6 is 0 Å². The molecule has 0 saturated carbocycles. The van der Waals surface area contributed by atoms with E-state index in [1.807, 2.05) is 13.8 Å². The van der Waals surface area contributed by atoms with E-state index in [4.69, 9.17) is 0 Å². The predicted molar refractivity (Wildman–Crippen MR) is 30.2 cm³/mol. The van der Waals surface area contributed by atoms with Crippen LogP contribution in [0.3, 0.4) is 0 Å². The number of rotatable bonds is 2. The fraction of sp³-hybridized carbons (Fsp3) is 0.600. The third-order valence-corrected chi connectivity index (χ3v) is 0.383. The largest absolute Gasteiger partial charge is 0.189 e. The van der Waals surface area contributed by atoms with Crippen LogP contribution < -0.4 is 0 Å². The Kier molecular flexibility index (Phi) is 3.19. The Morgan fingerprint density at radius 3 is 2.43 bits per heavy atom. The van der Waals surface area contributed by atoms with Gasteiger partial charge in [-0.25, -0.2) is 0 Å². The zero-order chi connectivity index (χ0) is 5.70. The second-order valence-corrected chi connectivity index (χ2v) is 1.29. The van der Waals surface area contributed by atoms with Gasteiger partial charge in [0.15, 0.2) is 0 Å².